The van der Waals surface area contributed by atoms with Crippen molar-refractivity contribution < 1.29 is 0 Å². The van der Waals surface area contributed by atoms with Crippen LogP contribution in [-0.2, 0) is 6.54 Å². The van der Waals surface area contributed by atoms with Crippen molar-refractivity contribution in [2.24, 2.45) is 11.3 Å². The van der Waals surface area contributed by atoms with E-state index in [1.54, 1.807) is 0 Å². The van der Waals surface area contributed by atoms with Gasteiger partial charge in [0.1, 0.15) is 0 Å². The Labute approximate surface area is 98.2 Å². The van der Waals surface area contributed by atoms with Gasteiger partial charge >= 0.3 is 0 Å². The second-order valence-corrected chi connectivity index (χ2v) is 5.46. The number of nitrogens with zero attached hydrogens (tertiary/aromatic N) is 2. The molecule has 0 aliphatic heterocycles. The molecule has 2 atom stereocenters. The van der Waals surface area contributed by atoms with E-state index in [2.05, 4.69) is 44.3 Å². The molecular weight excluding hydrogens is 198 g/mol. The molecule has 1 N–H and O–H groups in total. The largest absolute Gasteiger partial charge is 0.310 e. The summed E-state index contributed by atoms with van der Waals surface area (Å²) in [6, 6.07) is 0.486. The van der Waals surface area contributed by atoms with Crippen LogP contribution >= 0.6 is 0 Å². The van der Waals surface area contributed by atoms with Crippen molar-refractivity contribution in [3.05, 3.63) is 18.0 Å². The second-order valence-electron chi connectivity index (χ2n) is 5.46. The van der Waals surface area contributed by atoms with E-state index in [1.165, 1.54) is 12.0 Å². The number of nitrogens with one attached hydrogen (secondary N) is 1. The first-order chi connectivity index (χ1) is 7.58. The Bertz CT molecular complexity index is 354. The molecule has 0 amide bonds. The molecule has 3 heteroatoms. The van der Waals surface area contributed by atoms with E-state index in [0.717, 1.165) is 19.0 Å². The van der Waals surface area contributed by atoms with Gasteiger partial charge in [0.15, 0.2) is 0 Å². The summed E-state index contributed by atoms with van der Waals surface area (Å²) in [5, 5.41) is 7.97. The van der Waals surface area contributed by atoms with E-state index >= 15 is 0 Å². The van der Waals surface area contributed by atoms with Gasteiger partial charge in [-0.25, -0.2) is 0 Å². The molecule has 1 aromatic heterocycles. The van der Waals surface area contributed by atoms with Gasteiger partial charge in [-0.3, -0.25) is 4.68 Å². The first-order valence-corrected chi connectivity index (χ1v) is 6.34. The monoisotopic (exact) mass is 221 g/mol. The number of hydrogen-bond acceptors (Lipinski definition) is 2. The van der Waals surface area contributed by atoms with E-state index in [-0.39, 0.29) is 0 Å². The van der Waals surface area contributed by atoms with Gasteiger partial charge in [-0.15, -0.1) is 0 Å². The summed E-state index contributed by atoms with van der Waals surface area (Å²) < 4.78 is 2.01. The quantitative estimate of drug-likeness (QED) is 0.828. The van der Waals surface area contributed by atoms with Crippen LogP contribution in [0.3, 0.4) is 0 Å². The molecule has 16 heavy (non-hydrogen) atoms. The lowest BCUT2D eigenvalue weighted by atomic mass is 9.99. The summed E-state index contributed by atoms with van der Waals surface area (Å²) in [7, 11) is 0. The first kappa shape index (κ1) is 11.6. The van der Waals surface area contributed by atoms with Gasteiger partial charge < -0.3 is 5.32 Å². The Morgan fingerprint density at radius 2 is 2.25 bits per heavy atom. The average molecular weight is 221 g/mol. The zero-order valence-corrected chi connectivity index (χ0v) is 10.8. The molecule has 1 aliphatic rings. The van der Waals surface area contributed by atoms with E-state index < -0.39 is 0 Å². The van der Waals surface area contributed by atoms with Crippen LogP contribution < -0.4 is 5.32 Å². The van der Waals surface area contributed by atoms with Gasteiger partial charge in [-0.05, 0) is 31.2 Å². The van der Waals surface area contributed by atoms with Crippen molar-refractivity contribution in [2.45, 2.75) is 46.7 Å². The lowest BCUT2D eigenvalue weighted by Gasteiger charge is -2.18. The minimum atomic E-state index is 0.486. The maximum Gasteiger partial charge on any atom is 0.0537 e. The van der Waals surface area contributed by atoms with Crippen molar-refractivity contribution in [1.29, 1.82) is 0 Å². The zero-order valence-electron chi connectivity index (χ0n) is 10.8. The van der Waals surface area contributed by atoms with E-state index in [4.69, 9.17) is 0 Å². The SMILES string of the molecule is CCNC(c1cnn(CC)c1)C1CC1(C)C. The van der Waals surface area contributed by atoms with Gasteiger partial charge in [0.25, 0.3) is 0 Å². The van der Waals surface area contributed by atoms with E-state index in [1.807, 2.05) is 10.9 Å². The molecule has 0 spiro atoms. The van der Waals surface area contributed by atoms with Crippen LogP contribution in [-0.4, -0.2) is 16.3 Å². The second kappa shape index (κ2) is 4.21. The molecule has 0 aromatic carbocycles. The Balaban J connectivity index is 2.13. The Hall–Kier alpha value is -0.830. The van der Waals surface area contributed by atoms with E-state index in [0.29, 0.717) is 11.5 Å². The molecule has 2 rings (SSSR count). The van der Waals surface area contributed by atoms with E-state index in [9.17, 15) is 0 Å². The van der Waals surface area contributed by atoms with Crippen molar-refractivity contribution in [3.8, 4) is 0 Å². The summed E-state index contributed by atoms with van der Waals surface area (Å²) in [5.74, 6) is 0.766. The van der Waals surface area contributed by atoms with Crippen LogP contribution in [0.1, 0.15) is 45.7 Å². The van der Waals surface area contributed by atoms with Gasteiger partial charge in [0.05, 0.1) is 6.20 Å². The molecule has 1 heterocycles. The predicted molar refractivity (Wildman–Crippen MR) is 66.2 cm³/mol. The van der Waals surface area contributed by atoms with Crippen LogP contribution in [0.25, 0.3) is 0 Å². The third-order valence-electron chi connectivity index (χ3n) is 3.75. The zero-order chi connectivity index (χ0) is 11.8. The highest BCUT2D eigenvalue weighted by atomic mass is 15.3. The molecule has 2 unspecified atom stereocenters. The molecule has 1 aromatic rings. The van der Waals surface area contributed by atoms with Crippen molar-refractivity contribution in [3.63, 3.8) is 0 Å². The normalized spacial score (nSPS) is 24.4. The highest BCUT2D eigenvalue weighted by molar-refractivity contribution is 5.17. The van der Waals surface area contributed by atoms with Crippen LogP contribution in [0.5, 0.6) is 0 Å². The highest BCUT2D eigenvalue weighted by Crippen LogP contribution is 2.57. The fraction of sp³-hybridized carbons (Fsp3) is 0.769. The fourth-order valence-corrected chi connectivity index (χ4v) is 2.50. The van der Waals surface area contributed by atoms with Crippen LogP contribution in [0.4, 0.5) is 0 Å². The van der Waals surface area contributed by atoms with Crippen molar-refractivity contribution in [1.82, 2.24) is 15.1 Å². The predicted octanol–water partition coefficient (Wildman–Crippen LogP) is 2.60. The van der Waals surface area contributed by atoms with Gasteiger partial charge in [0.2, 0.25) is 0 Å². The summed E-state index contributed by atoms with van der Waals surface area (Å²) in [5.41, 5.74) is 1.85. The first-order valence-electron chi connectivity index (χ1n) is 6.34. The standard InChI is InChI=1S/C13H23N3/c1-5-14-12(11-7-13(11,3)4)10-8-15-16(6-2)9-10/h8-9,11-12,14H,5-7H2,1-4H3. The Morgan fingerprint density at radius 1 is 1.56 bits per heavy atom. The number of aromatic nitrogens is 2. The minimum absolute atomic E-state index is 0.486. The van der Waals surface area contributed by atoms with Crippen LogP contribution in [0, 0.1) is 11.3 Å². The molecule has 1 aliphatic carbocycles. The number of hydrogen-bond donors (Lipinski definition) is 1. The molecule has 0 radical (unpaired) electrons. The van der Waals surface area contributed by atoms with Crippen molar-refractivity contribution in [2.75, 3.05) is 6.54 Å². The fourth-order valence-electron chi connectivity index (χ4n) is 2.50. The van der Waals surface area contributed by atoms with Crippen molar-refractivity contribution >= 4 is 0 Å². The highest BCUT2D eigenvalue weighted by Gasteiger charge is 2.50. The van der Waals surface area contributed by atoms with Gasteiger partial charge in [0, 0.05) is 24.3 Å². The molecule has 3 nitrogen and oxygen atoms in total. The minimum Gasteiger partial charge on any atom is -0.310 e. The summed E-state index contributed by atoms with van der Waals surface area (Å²) in [6.45, 7) is 11.0. The molecule has 1 fully saturated rings. The topological polar surface area (TPSA) is 29.9 Å². The van der Waals surface area contributed by atoms with Gasteiger partial charge in [-0.2, -0.15) is 5.10 Å². The molecule has 1 saturated carbocycles. The Kier molecular flexibility index (Phi) is 3.06. The number of aryl methyl sites for hydroxylation is 1. The molecular formula is C13H23N3. The summed E-state index contributed by atoms with van der Waals surface area (Å²) in [6.07, 6.45) is 5.52. The smallest absolute Gasteiger partial charge is 0.0537 e. The number of rotatable bonds is 5. The molecule has 0 saturated heterocycles. The maximum absolute atomic E-state index is 4.37. The summed E-state index contributed by atoms with van der Waals surface area (Å²) >= 11 is 0. The lowest BCUT2D eigenvalue weighted by Crippen LogP contribution is -2.24. The molecule has 90 valence electrons. The molecule has 0 bridgehead atoms. The summed E-state index contributed by atoms with van der Waals surface area (Å²) in [4.78, 5) is 0. The van der Waals surface area contributed by atoms with Gasteiger partial charge in [-0.1, -0.05) is 20.8 Å². The van der Waals surface area contributed by atoms with Crippen LogP contribution in [0.15, 0.2) is 12.4 Å². The Morgan fingerprint density at radius 3 is 2.69 bits per heavy atom. The average Bonchev–Trinajstić information content (AvgIpc) is 2.69. The lowest BCUT2D eigenvalue weighted by molar-refractivity contribution is 0.423. The third-order valence-corrected chi connectivity index (χ3v) is 3.75. The third kappa shape index (κ3) is 2.14. The maximum atomic E-state index is 4.37. The van der Waals surface area contributed by atoms with Crippen LogP contribution in [0.2, 0.25) is 0 Å².